The summed E-state index contributed by atoms with van der Waals surface area (Å²) in [4.78, 5) is 11.6. The second-order valence-corrected chi connectivity index (χ2v) is 9.38. The Morgan fingerprint density at radius 3 is 2.58 bits per heavy atom. The first-order valence-corrected chi connectivity index (χ1v) is 11.7. The summed E-state index contributed by atoms with van der Waals surface area (Å²) in [7, 11) is 0. The minimum absolute atomic E-state index is 0.242. The Morgan fingerprint density at radius 1 is 1.09 bits per heavy atom. The molecule has 2 aromatic heterocycles. The van der Waals surface area contributed by atoms with Crippen LogP contribution >= 0.6 is 0 Å². The lowest BCUT2D eigenvalue weighted by Gasteiger charge is -2.28. The topological polar surface area (TPSA) is 80.1 Å². The number of ether oxygens (including phenoxy) is 1. The Bertz CT molecular complexity index is 1330. The summed E-state index contributed by atoms with van der Waals surface area (Å²) in [5.41, 5.74) is 5.51. The molecule has 2 aromatic carbocycles. The molecule has 6 nitrogen and oxygen atoms in total. The van der Waals surface area contributed by atoms with E-state index in [1.807, 2.05) is 18.3 Å². The van der Waals surface area contributed by atoms with Gasteiger partial charge in [-0.05, 0) is 80.0 Å². The van der Waals surface area contributed by atoms with Gasteiger partial charge in [0.2, 0.25) is 0 Å². The number of rotatable bonds is 4. The SMILES string of the molecule is O=C(O)C1CCC(c2c(C3CCOC3)n(-c3ccc(F)cc3)c3cc4cn[nH]c4cc23)CC1. The van der Waals surface area contributed by atoms with Crippen LogP contribution in [0.25, 0.3) is 27.5 Å². The lowest BCUT2D eigenvalue weighted by atomic mass is 9.76. The number of hydrogen-bond acceptors (Lipinski definition) is 3. The van der Waals surface area contributed by atoms with Crippen LogP contribution in [0, 0.1) is 11.7 Å². The molecule has 2 aliphatic rings. The average Bonchev–Trinajstić information content (AvgIpc) is 3.56. The van der Waals surface area contributed by atoms with Gasteiger partial charge in [0.1, 0.15) is 5.82 Å². The third-order valence-corrected chi connectivity index (χ3v) is 7.49. The highest BCUT2D eigenvalue weighted by molar-refractivity contribution is 5.99. The summed E-state index contributed by atoms with van der Waals surface area (Å²) in [6.45, 7) is 1.39. The zero-order valence-electron chi connectivity index (χ0n) is 18.3. The molecule has 170 valence electrons. The van der Waals surface area contributed by atoms with Crippen molar-refractivity contribution in [3.8, 4) is 5.69 Å². The van der Waals surface area contributed by atoms with Crippen molar-refractivity contribution in [3.05, 3.63) is 59.7 Å². The van der Waals surface area contributed by atoms with Crippen LogP contribution in [-0.4, -0.2) is 39.1 Å². The van der Waals surface area contributed by atoms with Gasteiger partial charge in [0, 0.05) is 34.7 Å². The summed E-state index contributed by atoms with van der Waals surface area (Å²) in [5.74, 6) is -0.688. The van der Waals surface area contributed by atoms with Crippen LogP contribution in [-0.2, 0) is 9.53 Å². The summed E-state index contributed by atoms with van der Waals surface area (Å²) in [5, 5.41) is 19.0. The van der Waals surface area contributed by atoms with Crippen LogP contribution < -0.4 is 0 Å². The molecule has 0 radical (unpaired) electrons. The van der Waals surface area contributed by atoms with Crippen molar-refractivity contribution in [2.24, 2.45) is 5.92 Å². The lowest BCUT2D eigenvalue weighted by Crippen LogP contribution is -2.21. The summed E-state index contributed by atoms with van der Waals surface area (Å²) >= 11 is 0. The van der Waals surface area contributed by atoms with Gasteiger partial charge in [0.25, 0.3) is 0 Å². The number of nitrogens with one attached hydrogen (secondary N) is 1. The first-order chi connectivity index (χ1) is 16.1. The molecule has 6 rings (SSSR count). The molecule has 2 N–H and O–H groups in total. The van der Waals surface area contributed by atoms with Gasteiger partial charge in [-0.3, -0.25) is 9.89 Å². The third kappa shape index (κ3) is 3.42. The maximum atomic E-state index is 13.8. The van der Waals surface area contributed by atoms with E-state index in [9.17, 15) is 14.3 Å². The Kier molecular flexibility index (Phi) is 4.94. The van der Waals surface area contributed by atoms with Crippen LogP contribution in [0.1, 0.15) is 55.2 Å². The van der Waals surface area contributed by atoms with Gasteiger partial charge in [-0.15, -0.1) is 0 Å². The minimum atomic E-state index is -0.689. The number of carbonyl (C=O) groups is 1. The molecule has 3 heterocycles. The van der Waals surface area contributed by atoms with Gasteiger partial charge in [0.05, 0.1) is 29.8 Å². The van der Waals surface area contributed by atoms with Gasteiger partial charge in [0.15, 0.2) is 0 Å². The fourth-order valence-corrected chi connectivity index (χ4v) is 5.85. The van der Waals surface area contributed by atoms with Crippen molar-refractivity contribution >= 4 is 27.8 Å². The first-order valence-electron chi connectivity index (χ1n) is 11.7. The predicted molar refractivity (Wildman–Crippen MR) is 123 cm³/mol. The van der Waals surface area contributed by atoms with Gasteiger partial charge < -0.3 is 14.4 Å². The summed E-state index contributed by atoms with van der Waals surface area (Å²) in [6.07, 6.45) is 5.84. The zero-order chi connectivity index (χ0) is 22.5. The van der Waals surface area contributed by atoms with E-state index >= 15 is 0 Å². The van der Waals surface area contributed by atoms with E-state index in [1.54, 1.807) is 0 Å². The molecule has 0 amide bonds. The van der Waals surface area contributed by atoms with Crippen molar-refractivity contribution in [2.45, 2.75) is 43.9 Å². The molecule has 1 unspecified atom stereocenters. The van der Waals surface area contributed by atoms with E-state index in [-0.39, 0.29) is 23.6 Å². The molecule has 1 aliphatic carbocycles. The highest BCUT2D eigenvalue weighted by Crippen LogP contribution is 2.46. The minimum Gasteiger partial charge on any atom is -0.481 e. The second kappa shape index (κ2) is 7.99. The number of aliphatic carboxylic acids is 1. The van der Waals surface area contributed by atoms with Crippen molar-refractivity contribution in [1.82, 2.24) is 14.8 Å². The number of benzene rings is 2. The average molecular weight is 448 g/mol. The highest BCUT2D eigenvalue weighted by Gasteiger charge is 2.35. The lowest BCUT2D eigenvalue weighted by molar-refractivity contribution is -0.142. The molecular weight excluding hydrogens is 421 g/mol. The number of nitrogens with zero attached hydrogens (tertiary/aromatic N) is 2. The van der Waals surface area contributed by atoms with Gasteiger partial charge >= 0.3 is 5.97 Å². The maximum absolute atomic E-state index is 13.8. The van der Waals surface area contributed by atoms with Gasteiger partial charge in [-0.25, -0.2) is 4.39 Å². The first kappa shape index (κ1) is 20.4. The molecule has 1 atom stereocenters. The maximum Gasteiger partial charge on any atom is 0.306 e. The molecular formula is C26H26FN3O3. The Hall–Kier alpha value is -3.19. The van der Waals surface area contributed by atoms with Crippen molar-refractivity contribution < 1.29 is 19.0 Å². The standard InChI is InChI=1S/C26H26FN3O3/c27-19-5-7-20(8-6-19)30-23-11-18-13-28-29-22(18)12-21(23)24(25(30)17-9-10-33-14-17)15-1-3-16(4-2-15)26(31)32/h5-8,11-13,15-17H,1-4,9-10,14H2,(H,28,29)(H,31,32). The van der Waals surface area contributed by atoms with Crippen LogP contribution in [0.5, 0.6) is 0 Å². The number of fused-ring (bicyclic) bond motifs is 2. The Morgan fingerprint density at radius 2 is 1.88 bits per heavy atom. The van der Waals surface area contributed by atoms with E-state index in [0.29, 0.717) is 19.4 Å². The number of carboxylic acids is 1. The normalized spacial score (nSPS) is 23.5. The zero-order valence-corrected chi connectivity index (χ0v) is 18.3. The fourth-order valence-electron chi connectivity index (χ4n) is 5.85. The molecule has 2 fully saturated rings. The summed E-state index contributed by atoms with van der Waals surface area (Å²) < 4.78 is 21.9. The summed E-state index contributed by atoms with van der Waals surface area (Å²) in [6, 6.07) is 11.0. The number of aromatic amines is 1. The van der Waals surface area contributed by atoms with Crippen LogP contribution in [0.4, 0.5) is 4.39 Å². The van der Waals surface area contributed by atoms with E-state index in [0.717, 1.165) is 53.4 Å². The van der Waals surface area contributed by atoms with E-state index in [1.165, 1.54) is 23.4 Å². The molecule has 1 saturated heterocycles. The van der Waals surface area contributed by atoms with Crippen LogP contribution in [0.2, 0.25) is 0 Å². The van der Waals surface area contributed by atoms with E-state index in [4.69, 9.17) is 4.74 Å². The molecule has 33 heavy (non-hydrogen) atoms. The Labute approximate surface area is 190 Å². The van der Waals surface area contributed by atoms with E-state index in [2.05, 4.69) is 26.9 Å². The molecule has 1 saturated carbocycles. The number of H-pyrrole nitrogens is 1. The number of carboxylic acid groups (broad SMARTS) is 1. The molecule has 1 aliphatic heterocycles. The molecule has 0 spiro atoms. The number of aromatic nitrogens is 3. The Balaban J connectivity index is 1.61. The monoisotopic (exact) mass is 447 g/mol. The van der Waals surface area contributed by atoms with Crippen molar-refractivity contribution in [3.63, 3.8) is 0 Å². The smallest absolute Gasteiger partial charge is 0.306 e. The van der Waals surface area contributed by atoms with Crippen LogP contribution in [0.3, 0.4) is 0 Å². The van der Waals surface area contributed by atoms with Crippen molar-refractivity contribution in [2.75, 3.05) is 13.2 Å². The largest absolute Gasteiger partial charge is 0.481 e. The fraction of sp³-hybridized carbons (Fsp3) is 0.385. The second-order valence-electron chi connectivity index (χ2n) is 9.38. The molecule has 0 bridgehead atoms. The van der Waals surface area contributed by atoms with E-state index < -0.39 is 5.97 Å². The van der Waals surface area contributed by atoms with Crippen LogP contribution in [0.15, 0.2) is 42.6 Å². The number of hydrogen-bond donors (Lipinski definition) is 2. The predicted octanol–water partition coefficient (Wildman–Crippen LogP) is 5.51. The molecule has 7 heteroatoms. The van der Waals surface area contributed by atoms with Gasteiger partial charge in [-0.2, -0.15) is 5.10 Å². The number of halogens is 1. The third-order valence-electron chi connectivity index (χ3n) is 7.49. The molecule has 4 aromatic rings. The van der Waals surface area contributed by atoms with Crippen molar-refractivity contribution in [1.29, 1.82) is 0 Å². The highest BCUT2D eigenvalue weighted by atomic mass is 19.1. The van der Waals surface area contributed by atoms with Gasteiger partial charge in [-0.1, -0.05) is 0 Å². The quantitative estimate of drug-likeness (QED) is 0.432.